The summed E-state index contributed by atoms with van der Waals surface area (Å²) in [7, 11) is 0.670. The van der Waals surface area contributed by atoms with E-state index < -0.39 is 30.7 Å². The second-order valence-electron chi connectivity index (χ2n) is 7.76. The second-order valence-corrected chi connectivity index (χ2v) is 10.8. The van der Waals surface area contributed by atoms with Gasteiger partial charge in [-0.3, -0.25) is 9.59 Å². The molecule has 5 rings (SSSR count). The van der Waals surface area contributed by atoms with Crippen LogP contribution in [0.1, 0.15) is 31.9 Å². The SMILES string of the molecule is CN1C(=O)C23C[C@](C)(C#N)C(c4cccc5c4OCO5)N2C(=O)C1(C)S3=S. The molecule has 2 amide bonds. The van der Waals surface area contributed by atoms with Gasteiger partial charge < -0.3 is 19.3 Å². The molecule has 9 heteroatoms. The van der Waals surface area contributed by atoms with Crippen LogP contribution in [0.2, 0.25) is 0 Å². The molecule has 3 saturated heterocycles. The first kappa shape index (κ1) is 17.0. The van der Waals surface area contributed by atoms with Crippen LogP contribution >= 0.6 is 0 Å². The van der Waals surface area contributed by atoms with Gasteiger partial charge in [-0.25, -0.2) is 0 Å². The Kier molecular flexibility index (Phi) is 3.02. The van der Waals surface area contributed by atoms with E-state index in [1.54, 1.807) is 31.9 Å². The van der Waals surface area contributed by atoms with E-state index in [0.29, 0.717) is 17.1 Å². The topological polar surface area (TPSA) is 82.9 Å². The van der Waals surface area contributed by atoms with Gasteiger partial charge in [-0.05, 0) is 31.1 Å². The summed E-state index contributed by atoms with van der Waals surface area (Å²) in [4.78, 5) is 27.7. The third kappa shape index (κ3) is 1.58. The van der Waals surface area contributed by atoms with Gasteiger partial charge in [0, 0.05) is 19.0 Å². The lowest BCUT2D eigenvalue weighted by molar-refractivity contribution is -0.159. The van der Waals surface area contributed by atoms with Crippen LogP contribution in [-0.2, 0) is 30.2 Å². The summed E-state index contributed by atoms with van der Waals surface area (Å²) in [6.07, 6.45) is 0.225. The van der Waals surface area contributed by atoms with Crippen molar-refractivity contribution in [2.45, 2.75) is 36.1 Å². The molecule has 1 spiro atoms. The molecule has 4 aliphatic rings. The molecule has 7 nitrogen and oxygen atoms in total. The van der Waals surface area contributed by atoms with Crippen molar-refractivity contribution in [1.82, 2.24) is 9.80 Å². The molecular weight excluding hydrogens is 386 g/mol. The summed E-state index contributed by atoms with van der Waals surface area (Å²) >= 11 is 5.77. The summed E-state index contributed by atoms with van der Waals surface area (Å²) in [6, 6.07) is 7.19. The lowest BCUT2D eigenvalue weighted by Crippen LogP contribution is -2.60. The van der Waals surface area contributed by atoms with Crippen LogP contribution in [0.3, 0.4) is 0 Å². The van der Waals surface area contributed by atoms with Crippen LogP contribution < -0.4 is 9.47 Å². The van der Waals surface area contributed by atoms with E-state index in [1.165, 1.54) is 4.90 Å². The molecule has 3 fully saturated rings. The number of para-hydroxylation sites is 1. The second kappa shape index (κ2) is 4.80. The molecule has 0 radical (unpaired) electrons. The molecule has 4 aliphatic heterocycles. The Morgan fingerprint density at radius 3 is 2.74 bits per heavy atom. The number of fused-ring (bicyclic) bond motifs is 2. The minimum Gasteiger partial charge on any atom is -0.454 e. The van der Waals surface area contributed by atoms with Gasteiger partial charge in [-0.1, -0.05) is 21.6 Å². The summed E-state index contributed by atoms with van der Waals surface area (Å²) in [5.41, 5.74) is -0.277. The summed E-state index contributed by atoms with van der Waals surface area (Å²) in [6.45, 7) is 3.63. The molecule has 4 unspecified atom stereocenters. The van der Waals surface area contributed by atoms with Crippen LogP contribution in [0, 0.1) is 16.7 Å². The highest BCUT2D eigenvalue weighted by atomic mass is 32.8. The van der Waals surface area contributed by atoms with Crippen molar-refractivity contribution in [2.75, 3.05) is 13.8 Å². The van der Waals surface area contributed by atoms with Crippen LogP contribution in [0.5, 0.6) is 11.5 Å². The van der Waals surface area contributed by atoms with Crippen molar-refractivity contribution in [2.24, 2.45) is 5.41 Å². The first-order valence-electron chi connectivity index (χ1n) is 8.57. The lowest BCUT2D eigenvalue weighted by Gasteiger charge is -2.40. The first-order chi connectivity index (χ1) is 12.7. The average Bonchev–Trinajstić information content (AvgIpc) is 3.32. The van der Waals surface area contributed by atoms with Gasteiger partial charge in [-0.15, -0.1) is 0 Å². The molecule has 0 aromatic heterocycles. The Bertz CT molecular complexity index is 1010. The number of hydrogen-bond acceptors (Lipinski definition) is 6. The number of carbonyl (C=O) groups is 2. The van der Waals surface area contributed by atoms with Gasteiger partial charge >= 0.3 is 0 Å². The van der Waals surface area contributed by atoms with E-state index >= 15 is 0 Å². The maximum atomic E-state index is 13.5. The van der Waals surface area contributed by atoms with E-state index in [0.717, 1.165) is 0 Å². The number of amides is 2. The summed E-state index contributed by atoms with van der Waals surface area (Å²) < 4.78 is 11.1. The number of hydrogen-bond donors (Lipinski definition) is 0. The van der Waals surface area contributed by atoms with Gasteiger partial charge in [-0.2, -0.15) is 5.26 Å². The normalized spacial score (nSPS) is 41.3. The molecule has 1 aromatic carbocycles. The predicted octanol–water partition coefficient (Wildman–Crippen LogP) is 1.20. The van der Waals surface area contributed by atoms with Gasteiger partial charge in [0.05, 0.1) is 17.5 Å². The molecule has 5 atom stereocenters. The van der Waals surface area contributed by atoms with Gasteiger partial charge in [0.2, 0.25) is 6.79 Å². The highest BCUT2D eigenvalue weighted by Gasteiger charge is 2.81. The minimum absolute atomic E-state index is 0.0895. The number of likely N-dealkylation sites (N-methyl/N-ethyl adjacent to an activating group) is 1. The first-order valence-corrected chi connectivity index (χ1v) is 10.7. The smallest absolute Gasteiger partial charge is 0.261 e. The van der Waals surface area contributed by atoms with Crippen LogP contribution in [-0.4, -0.2) is 45.2 Å². The van der Waals surface area contributed by atoms with E-state index in [-0.39, 0.29) is 25.0 Å². The Balaban J connectivity index is 1.78. The van der Waals surface area contributed by atoms with Crippen molar-refractivity contribution in [3.8, 4) is 17.6 Å². The molecule has 27 heavy (non-hydrogen) atoms. The molecule has 4 heterocycles. The van der Waals surface area contributed by atoms with Crippen molar-refractivity contribution in [1.29, 1.82) is 5.26 Å². The third-order valence-corrected chi connectivity index (χ3v) is 10.5. The zero-order chi connectivity index (χ0) is 19.4. The Morgan fingerprint density at radius 2 is 2.04 bits per heavy atom. The third-order valence-electron chi connectivity index (χ3n) is 6.40. The molecule has 0 saturated carbocycles. The van der Waals surface area contributed by atoms with E-state index in [1.807, 2.05) is 12.1 Å². The number of rotatable bonds is 1. The number of nitriles is 1. The highest BCUT2D eigenvalue weighted by molar-refractivity contribution is 8.31. The van der Waals surface area contributed by atoms with E-state index in [4.69, 9.17) is 20.7 Å². The molecule has 0 N–H and O–H groups in total. The number of carbonyl (C=O) groups excluding carboxylic acids is 2. The maximum Gasteiger partial charge on any atom is 0.261 e. The van der Waals surface area contributed by atoms with Crippen molar-refractivity contribution in [3.63, 3.8) is 0 Å². The van der Waals surface area contributed by atoms with E-state index in [9.17, 15) is 14.9 Å². The zero-order valence-corrected chi connectivity index (χ0v) is 16.6. The average molecular weight is 403 g/mol. The van der Waals surface area contributed by atoms with Crippen molar-refractivity contribution < 1.29 is 19.1 Å². The van der Waals surface area contributed by atoms with Crippen molar-refractivity contribution >= 4 is 32.5 Å². The fraction of sp³-hybridized carbons (Fsp3) is 0.500. The van der Waals surface area contributed by atoms with Crippen LogP contribution in [0.4, 0.5) is 0 Å². The molecule has 140 valence electrons. The number of benzene rings is 1. The standard InChI is InChI=1S/C18H17N3O4S2/c1-16(8-19)7-18-15(23)20(3)17(2,27(18)26)14(22)21(18)13(16)10-5-4-6-11-12(10)25-9-24-11/h4-6,13H,7,9H2,1-3H3/t13?,16-,17?,18?,27?/m1/s1. The van der Waals surface area contributed by atoms with E-state index in [2.05, 4.69) is 6.07 Å². The van der Waals surface area contributed by atoms with Crippen molar-refractivity contribution in [3.05, 3.63) is 23.8 Å². The highest BCUT2D eigenvalue weighted by Crippen LogP contribution is 2.66. The van der Waals surface area contributed by atoms with Crippen LogP contribution in [0.15, 0.2) is 18.2 Å². The molecular formula is C18H17N3O4S2. The quantitative estimate of drug-likeness (QED) is 0.701. The Morgan fingerprint density at radius 1 is 1.30 bits per heavy atom. The zero-order valence-electron chi connectivity index (χ0n) is 15.0. The summed E-state index contributed by atoms with van der Waals surface area (Å²) in [5.74, 6) is 0.754. The Hall–Kier alpha value is -2.18. The number of ether oxygens (including phenoxy) is 2. The van der Waals surface area contributed by atoms with Gasteiger partial charge in [0.1, 0.15) is 0 Å². The monoisotopic (exact) mass is 403 g/mol. The Labute approximate surface area is 163 Å². The largest absolute Gasteiger partial charge is 0.454 e. The fourth-order valence-electron chi connectivity index (χ4n) is 4.97. The van der Waals surface area contributed by atoms with Crippen LogP contribution in [0.25, 0.3) is 0 Å². The number of piperazine rings is 1. The fourth-order valence-corrected chi connectivity index (χ4v) is 8.49. The molecule has 2 bridgehead atoms. The van der Waals surface area contributed by atoms with Gasteiger partial charge in [0.25, 0.3) is 11.8 Å². The lowest BCUT2D eigenvalue weighted by atomic mass is 9.79. The maximum absolute atomic E-state index is 13.5. The number of nitrogens with zero attached hydrogens (tertiary/aromatic N) is 3. The molecule has 1 aromatic rings. The van der Waals surface area contributed by atoms with Gasteiger partial charge in [0.15, 0.2) is 21.2 Å². The summed E-state index contributed by atoms with van der Waals surface area (Å²) in [5, 5.41) is 10.1. The molecule has 0 aliphatic carbocycles. The predicted molar refractivity (Wildman–Crippen MR) is 99.1 cm³/mol. The minimum atomic E-state index is -1.15.